The van der Waals surface area contributed by atoms with E-state index in [4.69, 9.17) is 0 Å². The number of nitrogens with zero attached hydrogens (tertiary/aromatic N) is 4. The van der Waals surface area contributed by atoms with Crippen LogP contribution in [-0.4, -0.2) is 52.2 Å². The highest BCUT2D eigenvalue weighted by molar-refractivity contribution is 5.93. The van der Waals surface area contributed by atoms with Crippen molar-refractivity contribution < 1.29 is 4.79 Å². The molecule has 2 heterocycles. The molecule has 2 aliphatic rings. The van der Waals surface area contributed by atoms with Gasteiger partial charge in [-0.3, -0.25) is 4.79 Å². The third kappa shape index (κ3) is 2.20. The van der Waals surface area contributed by atoms with E-state index in [2.05, 4.69) is 46.1 Å². The number of carbonyl (C=O) groups is 1. The van der Waals surface area contributed by atoms with Crippen LogP contribution in [0.3, 0.4) is 0 Å². The van der Waals surface area contributed by atoms with E-state index in [9.17, 15) is 4.79 Å². The van der Waals surface area contributed by atoms with Crippen molar-refractivity contribution >= 4 is 11.9 Å². The maximum absolute atomic E-state index is 13.4. The Kier molecular flexibility index (Phi) is 3.37. The van der Waals surface area contributed by atoms with Crippen molar-refractivity contribution in [2.45, 2.75) is 25.7 Å². The summed E-state index contributed by atoms with van der Waals surface area (Å²) in [6.07, 6.45) is 2.44. The second kappa shape index (κ2) is 5.33. The number of carbonyl (C=O) groups excluding carboxylic acids is 1. The van der Waals surface area contributed by atoms with Gasteiger partial charge in [-0.25, -0.2) is 5.10 Å². The summed E-state index contributed by atoms with van der Waals surface area (Å²) in [5.74, 6) is 1.06. The molecular weight excluding hydrogens is 302 g/mol. The zero-order valence-corrected chi connectivity index (χ0v) is 14.2. The van der Waals surface area contributed by atoms with Gasteiger partial charge < -0.3 is 9.80 Å². The highest BCUT2D eigenvalue weighted by Crippen LogP contribution is 2.65. The lowest BCUT2D eigenvalue weighted by Crippen LogP contribution is -2.52. The monoisotopic (exact) mass is 325 g/mol. The molecule has 2 fully saturated rings. The molecule has 1 aliphatic carbocycles. The quantitative estimate of drug-likeness (QED) is 0.935. The summed E-state index contributed by atoms with van der Waals surface area (Å²) in [5.41, 5.74) is 0.813. The van der Waals surface area contributed by atoms with Gasteiger partial charge in [-0.2, -0.15) is 10.1 Å². The van der Waals surface area contributed by atoms with Gasteiger partial charge in [0.05, 0.1) is 5.41 Å². The molecular formula is C18H23N5O. The van der Waals surface area contributed by atoms with Crippen LogP contribution >= 0.6 is 0 Å². The van der Waals surface area contributed by atoms with Crippen molar-refractivity contribution in [1.29, 1.82) is 0 Å². The predicted molar refractivity (Wildman–Crippen MR) is 91.7 cm³/mol. The first kappa shape index (κ1) is 15.2. The number of anilines is 1. The van der Waals surface area contributed by atoms with Gasteiger partial charge in [-0.1, -0.05) is 44.2 Å². The lowest BCUT2D eigenvalue weighted by Gasteiger charge is -2.37. The predicted octanol–water partition coefficient (Wildman–Crippen LogP) is 1.82. The Hall–Kier alpha value is -2.37. The molecule has 6 nitrogen and oxygen atoms in total. The van der Waals surface area contributed by atoms with Crippen LogP contribution in [0.4, 0.5) is 5.95 Å². The lowest BCUT2D eigenvalue weighted by atomic mass is 9.86. The van der Waals surface area contributed by atoms with Crippen molar-refractivity contribution in [3.05, 3.63) is 42.2 Å². The van der Waals surface area contributed by atoms with Crippen LogP contribution in [0.15, 0.2) is 36.7 Å². The third-order valence-electron chi connectivity index (χ3n) is 5.64. The van der Waals surface area contributed by atoms with E-state index in [1.54, 1.807) is 0 Å². The normalized spacial score (nSPS) is 25.6. The van der Waals surface area contributed by atoms with E-state index < -0.39 is 0 Å². The van der Waals surface area contributed by atoms with Gasteiger partial charge in [0.1, 0.15) is 6.33 Å². The Morgan fingerprint density at radius 3 is 2.33 bits per heavy atom. The SMILES string of the molecule is CC1(C)C[C@]1(C(=O)N1CCN(c2ncn[nH]2)CC1)c1ccccc1. The van der Waals surface area contributed by atoms with Gasteiger partial charge in [-0.05, 0) is 17.4 Å². The van der Waals surface area contributed by atoms with Crippen molar-refractivity contribution in [2.24, 2.45) is 5.41 Å². The fraction of sp³-hybridized carbons (Fsp3) is 0.500. The first-order chi connectivity index (χ1) is 11.5. The van der Waals surface area contributed by atoms with Gasteiger partial charge in [-0.15, -0.1) is 0 Å². The van der Waals surface area contributed by atoms with E-state index in [1.165, 1.54) is 6.33 Å². The van der Waals surface area contributed by atoms with Crippen molar-refractivity contribution in [3.63, 3.8) is 0 Å². The Labute approximate surface area is 141 Å². The smallest absolute Gasteiger partial charge is 0.233 e. The number of piperazine rings is 1. The number of H-pyrrole nitrogens is 1. The second-order valence-electron chi connectivity index (χ2n) is 7.42. The average molecular weight is 325 g/mol. The molecule has 0 unspecified atom stereocenters. The molecule has 1 N–H and O–H groups in total. The first-order valence-corrected chi connectivity index (χ1v) is 8.50. The minimum absolute atomic E-state index is 0.0213. The maximum atomic E-state index is 13.4. The van der Waals surface area contributed by atoms with E-state index >= 15 is 0 Å². The molecule has 24 heavy (non-hydrogen) atoms. The van der Waals surface area contributed by atoms with Crippen LogP contribution in [0.5, 0.6) is 0 Å². The molecule has 1 saturated heterocycles. The topological polar surface area (TPSA) is 65.1 Å². The summed E-state index contributed by atoms with van der Waals surface area (Å²) in [6.45, 7) is 7.41. The van der Waals surface area contributed by atoms with E-state index in [0.717, 1.165) is 44.1 Å². The van der Waals surface area contributed by atoms with Crippen LogP contribution < -0.4 is 4.90 Å². The standard InChI is InChI=1S/C18H23N5O/c1-17(2)12-18(17,14-6-4-3-5-7-14)15(24)22-8-10-23(11-9-22)16-19-13-20-21-16/h3-7,13H,8-12H2,1-2H3,(H,19,20,21)/t18-/m1/s1. The Balaban J connectivity index is 1.52. The number of hydrogen-bond donors (Lipinski definition) is 1. The number of aromatic amines is 1. The van der Waals surface area contributed by atoms with Crippen LogP contribution in [0.2, 0.25) is 0 Å². The summed E-state index contributed by atoms with van der Waals surface area (Å²) in [7, 11) is 0. The molecule has 1 aromatic heterocycles. The zero-order chi connectivity index (χ0) is 16.8. The zero-order valence-electron chi connectivity index (χ0n) is 14.2. The van der Waals surface area contributed by atoms with Gasteiger partial charge in [0, 0.05) is 26.2 Å². The minimum Gasteiger partial charge on any atom is -0.338 e. The van der Waals surface area contributed by atoms with Crippen molar-refractivity contribution in [1.82, 2.24) is 20.1 Å². The van der Waals surface area contributed by atoms with E-state index in [1.807, 2.05) is 23.1 Å². The summed E-state index contributed by atoms with van der Waals surface area (Å²) in [4.78, 5) is 21.7. The molecule has 1 saturated carbocycles. The van der Waals surface area contributed by atoms with Crippen LogP contribution in [-0.2, 0) is 10.2 Å². The van der Waals surface area contributed by atoms with Gasteiger partial charge in [0.2, 0.25) is 11.9 Å². The number of aromatic nitrogens is 3. The van der Waals surface area contributed by atoms with E-state index in [-0.39, 0.29) is 16.7 Å². The minimum atomic E-state index is -0.358. The lowest BCUT2D eigenvalue weighted by molar-refractivity contribution is -0.135. The van der Waals surface area contributed by atoms with Crippen molar-refractivity contribution in [2.75, 3.05) is 31.1 Å². The molecule has 1 atom stereocenters. The molecule has 0 radical (unpaired) electrons. The molecule has 1 aromatic carbocycles. The number of amides is 1. The van der Waals surface area contributed by atoms with Crippen LogP contribution in [0.1, 0.15) is 25.8 Å². The molecule has 1 amide bonds. The number of hydrogen-bond acceptors (Lipinski definition) is 4. The highest BCUT2D eigenvalue weighted by Gasteiger charge is 2.67. The molecule has 0 bridgehead atoms. The molecule has 2 aromatic rings. The van der Waals surface area contributed by atoms with Gasteiger partial charge in [0.15, 0.2) is 0 Å². The fourth-order valence-corrected chi connectivity index (χ4v) is 4.07. The molecule has 6 heteroatoms. The molecule has 1 aliphatic heterocycles. The Bertz CT molecular complexity index is 719. The number of nitrogens with one attached hydrogen (secondary N) is 1. The van der Waals surface area contributed by atoms with Crippen molar-refractivity contribution in [3.8, 4) is 0 Å². The Morgan fingerprint density at radius 1 is 1.12 bits per heavy atom. The second-order valence-corrected chi connectivity index (χ2v) is 7.42. The number of rotatable bonds is 3. The number of benzene rings is 1. The third-order valence-corrected chi connectivity index (χ3v) is 5.64. The van der Waals surface area contributed by atoms with E-state index in [0.29, 0.717) is 0 Å². The largest absolute Gasteiger partial charge is 0.338 e. The highest BCUT2D eigenvalue weighted by atomic mass is 16.2. The summed E-state index contributed by atoms with van der Waals surface area (Å²) in [5, 5.41) is 6.79. The average Bonchev–Trinajstić information content (AvgIpc) is 2.97. The van der Waals surface area contributed by atoms with Crippen LogP contribution in [0.25, 0.3) is 0 Å². The Morgan fingerprint density at radius 2 is 1.79 bits per heavy atom. The van der Waals surface area contributed by atoms with Crippen LogP contribution in [0, 0.1) is 5.41 Å². The molecule has 0 spiro atoms. The van der Waals surface area contributed by atoms with Gasteiger partial charge in [0.25, 0.3) is 0 Å². The van der Waals surface area contributed by atoms with Gasteiger partial charge >= 0.3 is 0 Å². The summed E-state index contributed by atoms with van der Waals surface area (Å²) < 4.78 is 0. The molecule has 4 rings (SSSR count). The maximum Gasteiger partial charge on any atom is 0.233 e. The molecule has 126 valence electrons. The summed E-state index contributed by atoms with van der Waals surface area (Å²) >= 11 is 0. The summed E-state index contributed by atoms with van der Waals surface area (Å²) in [6, 6.07) is 10.3. The fourth-order valence-electron chi connectivity index (χ4n) is 4.07. The first-order valence-electron chi connectivity index (χ1n) is 8.50.